The predicted molar refractivity (Wildman–Crippen MR) is 78.4 cm³/mol. The van der Waals surface area contributed by atoms with Crippen LogP contribution in [0.25, 0.3) is 16.9 Å². The average molecular weight is 274 g/mol. The van der Waals surface area contributed by atoms with E-state index in [1.54, 1.807) is 10.6 Å². The molecule has 0 unspecified atom stereocenters. The van der Waals surface area contributed by atoms with Gasteiger partial charge in [-0.05, 0) is 0 Å². The predicted octanol–water partition coefficient (Wildman–Crippen LogP) is 1.67. The van der Waals surface area contributed by atoms with Gasteiger partial charge in [-0.2, -0.15) is 14.9 Å². The highest BCUT2D eigenvalue weighted by Crippen LogP contribution is 2.18. The van der Waals surface area contributed by atoms with E-state index in [0.717, 1.165) is 5.56 Å². The summed E-state index contributed by atoms with van der Waals surface area (Å²) in [6, 6.07) is 13.2. The third-order valence-electron chi connectivity index (χ3n) is 3.14. The van der Waals surface area contributed by atoms with E-state index in [4.69, 9.17) is 11.7 Å². The molecule has 0 radical (unpaired) electrons. The first-order valence-corrected chi connectivity index (χ1v) is 6.27. The maximum atomic E-state index is 12.2. The van der Waals surface area contributed by atoms with E-state index in [9.17, 15) is 4.79 Å². The molecule has 0 saturated carbocycles. The Kier molecular flexibility index (Phi) is 3.02. The molecule has 3 rings (SSSR count). The van der Waals surface area contributed by atoms with Gasteiger partial charge in [-0.3, -0.25) is 4.79 Å². The molecule has 3 aromatic rings. The third kappa shape index (κ3) is 2.07. The van der Waals surface area contributed by atoms with E-state index in [-0.39, 0.29) is 12.1 Å². The summed E-state index contributed by atoms with van der Waals surface area (Å²) in [7, 11) is 0. The molecule has 100 valence electrons. The molecule has 2 aromatic heterocycles. The molecule has 0 aliphatic carbocycles. The average Bonchev–Trinajstić information content (AvgIpc) is 2.97. The molecule has 0 bridgehead atoms. The summed E-state index contributed by atoms with van der Waals surface area (Å²) in [5, 5.41) is 13.3. The Balaban J connectivity index is 2.33. The van der Waals surface area contributed by atoms with Crippen molar-refractivity contribution in [2.75, 3.05) is 0 Å². The molecule has 0 aliphatic heterocycles. The number of rotatable bonds is 2. The quantitative estimate of drug-likeness (QED) is 0.668. The van der Waals surface area contributed by atoms with E-state index in [1.807, 2.05) is 36.4 Å². The highest BCUT2D eigenvalue weighted by atomic mass is 16.1. The van der Waals surface area contributed by atoms with E-state index < -0.39 is 5.56 Å². The molecule has 0 atom stereocenters. The summed E-state index contributed by atoms with van der Waals surface area (Å²) >= 11 is 0. The summed E-state index contributed by atoms with van der Waals surface area (Å²) in [5.74, 6) is 2.51. The van der Waals surface area contributed by atoms with Crippen molar-refractivity contribution in [3.8, 4) is 29.7 Å². The first kappa shape index (κ1) is 12.7. The molecule has 21 heavy (non-hydrogen) atoms. The lowest BCUT2D eigenvalue weighted by Gasteiger charge is -2.04. The van der Waals surface area contributed by atoms with Gasteiger partial charge < -0.3 is 4.57 Å². The number of aromatic nitrogens is 3. The zero-order chi connectivity index (χ0) is 14.8. The second kappa shape index (κ2) is 4.99. The smallest absolute Gasteiger partial charge is 0.292 e. The summed E-state index contributed by atoms with van der Waals surface area (Å²) < 4.78 is 2.89. The largest absolute Gasteiger partial charge is 0.320 e. The molecule has 0 spiro atoms. The standard InChI is InChI=1S/C16H10N4O/c1-2-8-19-11-13(10-17)16(21)20-15(19)9-14(18-20)12-6-4-3-5-7-12/h1,3-7,9,11H,8H2. The number of benzene rings is 1. The fourth-order valence-electron chi connectivity index (χ4n) is 2.17. The Labute approximate surface area is 120 Å². The molecule has 0 saturated heterocycles. The third-order valence-corrected chi connectivity index (χ3v) is 3.14. The van der Waals surface area contributed by atoms with E-state index in [0.29, 0.717) is 11.3 Å². The van der Waals surface area contributed by atoms with Crippen LogP contribution in [0.15, 0.2) is 47.4 Å². The van der Waals surface area contributed by atoms with Crippen LogP contribution in [0.1, 0.15) is 5.56 Å². The van der Waals surface area contributed by atoms with Crippen LogP contribution < -0.4 is 5.56 Å². The van der Waals surface area contributed by atoms with Gasteiger partial charge in [0.05, 0.1) is 12.2 Å². The Morgan fingerprint density at radius 2 is 2.05 bits per heavy atom. The summed E-state index contributed by atoms with van der Waals surface area (Å²) in [6.07, 6.45) is 6.80. The minimum Gasteiger partial charge on any atom is -0.320 e. The molecule has 0 aliphatic rings. The molecule has 5 heteroatoms. The highest BCUT2D eigenvalue weighted by Gasteiger charge is 2.12. The van der Waals surface area contributed by atoms with Crippen molar-refractivity contribution in [2.24, 2.45) is 0 Å². The summed E-state index contributed by atoms with van der Waals surface area (Å²) in [5.41, 5.74) is 1.69. The number of hydrogen-bond donors (Lipinski definition) is 0. The van der Waals surface area contributed by atoms with Crippen LogP contribution in [0.3, 0.4) is 0 Å². The molecule has 2 heterocycles. The van der Waals surface area contributed by atoms with Gasteiger partial charge in [-0.15, -0.1) is 6.42 Å². The zero-order valence-corrected chi connectivity index (χ0v) is 11.0. The molecule has 0 fully saturated rings. The van der Waals surface area contributed by atoms with Gasteiger partial charge in [0, 0.05) is 17.8 Å². The minimum absolute atomic E-state index is 0.0143. The lowest BCUT2D eigenvalue weighted by atomic mass is 10.2. The van der Waals surface area contributed by atoms with Crippen molar-refractivity contribution in [1.29, 1.82) is 5.26 Å². The first-order chi connectivity index (χ1) is 10.2. The monoisotopic (exact) mass is 274 g/mol. The molecule has 5 nitrogen and oxygen atoms in total. The summed E-state index contributed by atoms with van der Waals surface area (Å²) in [4.78, 5) is 12.2. The fourth-order valence-corrected chi connectivity index (χ4v) is 2.17. The second-order valence-corrected chi connectivity index (χ2v) is 4.46. The summed E-state index contributed by atoms with van der Waals surface area (Å²) in [6.45, 7) is 0.262. The lowest BCUT2D eigenvalue weighted by molar-refractivity contribution is 0.786. The van der Waals surface area contributed by atoms with E-state index in [1.165, 1.54) is 10.7 Å². The van der Waals surface area contributed by atoms with Gasteiger partial charge in [0.25, 0.3) is 5.56 Å². The Morgan fingerprint density at radius 3 is 2.71 bits per heavy atom. The normalized spacial score (nSPS) is 10.2. The van der Waals surface area contributed by atoms with Crippen LogP contribution in [-0.2, 0) is 6.54 Å². The molecular weight excluding hydrogens is 264 g/mol. The van der Waals surface area contributed by atoms with Gasteiger partial charge in [-0.1, -0.05) is 36.3 Å². The number of fused-ring (bicyclic) bond motifs is 1. The lowest BCUT2D eigenvalue weighted by Crippen LogP contribution is -2.21. The van der Waals surface area contributed by atoms with Crippen LogP contribution >= 0.6 is 0 Å². The van der Waals surface area contributed by atoms with Gasteiger partial charge in [-0.25, -0.2) is 0 Å². The number of nitrogens with zero attached hydrogens (tertiary/aromatic N) is 4. The van der Waals surface area contributed by atoms with E-state index >= 15 is 0 Å². The van der Waals surface area contributed by atoms with Gasteiger partial charge in [0.2, 0.25) is 0 Å². The molecular formula is C16H10N4O. The van der Waals surface area contributed by atoms with Crippen LogP contribution in [0.5, 0.6) is 0 Å². The number of terminal acetylenes is 1. The van der Waals surface area contributed by atoms with Gasteiger partial charge in [0.15, 0.2) is 0 Å². The minimum atomic E-state index is -0.442. The first-order valence-electron chi connectivity index (χ1n) is 6.27. The van der Waals surface area contributed by atoms with E-state index in [2.05, 4.69) is 11.0 Å². The SMILES string of the molecule is C#CCn1cc(C#N)c(=O)n2nc(-c3ccccc3)cc12. The van der Waals surface area contributed by atoms with Crippen molar-refractivity contribution in [1.82, 2.24) is 14.2 Å². The molecule has 0 amide bonds. The van der Waals surface area contributed by atoms with Crippen molar-refractivity contribution < 1.29 is 0 Å². The Morgan fingerprint density at radius 1 is 1.29 bits per heavy atom. The van der Waals surface area contributed by atoms with Gasteiger partial charge >= 0.3 is 0 Å². The van der Waals surface area contributed by atoms with Crippen molar-refractivity contribution in [3.63, 3.8) is 0 Å². The number of hydrogen-bond acceptors (Lipinski definition) is 3. The van der Waals surface area contributed by atoms with Crippen molar-refractivity contribution >= 4 is 5.65 Å². The maximum Gasteiger partial charge on any atom is 0.292 e. The van der Waals surface area contributed by atoms with Crippen LogP contribution in [0, 0.1) is 23.7 Å². The zero-order valence-electron chi connectivity index (χ0n) is 11.0. The molecule has 1 aromatic carbocycles. The van der Waals surface area contributed by atoms with Gasteiger partial charge in [0.1, 0.15) is 17.3 Å². The second-order valence-electron chi connectivity index (χ2n) is 4.46. The Bertz CT molecular complexity index is 952. The highest BCUT2D eigenvalue weighted by molar-refractivity contribution is 5.64. The molecule has 0 N–H and O–H groups in total. The topological polar surface area (TPSA) is 63.1 Å². The number of nitriles is 1. The van der Waals surface area contributed by atoms with Crippen LogP contribution in [0.2, 0.25) is 0 Å². The van der Waals surface area contributed by atoms with Crippen LogP contribution in [0.4, 0.5) is 0 Å². The maximum absolute atomic E-state index is 12.2. The fraction of sp³-hybridized carbons (Fsp3) is 0.0625. The van der Waals surface area contributed by atoms with Crippen molar-refractivity contribution in [3.05, 3.63) is 58.5 Å². The Hall–Kier alpha value is -3.31. The van der Waals surface area contributed by atoms with Crippen molar-refractivity contribution in [2.45, 2.75) is 6.54 Å². The van der Waals surface area contributed by atoms with Crippen LogP contribution in [-0.4, -0.2) is 14.2 Å².